The highest BCUT2D eigenvalue weighted by Crippen LogP contribution is 2.44. The lowest BCUT2D eigenvalue weighted by atomic mass is 9.91. The van der Waals surface area contributed by atoms with E-state index in [0.717, 1.165) is 17.3 Å². The molecule has 2 rings (SSSR count). The fraction of sp³-hybridized carbons (Fsp3) is 0.941. The summed E-state index contributed by atoms with van der Waals surface area (Å²) in [6.07, 6.45) is 1.12. The largest absolute Gasteiger partial charge is 0.378 e. The van der Waals surface area contributed by atoms with E-state index in [1.807, 2.05) is 0 Å². The van der Waals surface area contributed by atoms with Crippen molar-refractivity contribution in [1.29, 1.82) is 0 Å². The highest BCUT2D eigenvalue weighted by Gasteiger charge is 2.32. The van der Waals surface area contributed by atoms with E-state index in [1.165, 1.54) is 0 Å². The van der Waals surface area contributed by atoms with Gasteiger partial charge in [0.1, 0.15) is 6.61 Å². The zero-order chi connectivity index (χ0) is 20.5. The Kier molecular flexibility index (Phi) is 8.43. The molecule has 0 spiro atoms. The Morgan fingerprint density at radius 2 is 2.20 bits per heavy atom. The predicted molar refractivity (Wildman–Crippen MR) is 106 cm³/mol. The van der Waals surface area contributed by atoms with Crippen molar-refractivity contribution < 1.29 is 27.2 Å². The maximum Gasteiger partial charge on any atom is 0.333 e. The molecule has 25 heavy (non-hydrogen) atoms. The van der Waals surface area contributed by atoms with Crippen molar-refractivity contribution in [2.45, 2.75) is 51.4 Å². The van der Waals surface area contributed by atoms with E-state index in [4.69, 9.17) is 33.7 Å². The van der Waals surface area contributed by atoms with Gasteiger partial charge in [-0.25, -0.2) is 6.57 Å². The number of nitrogens with zero attached hydrogens (tertiary/aromatic N) is 1. The molecule has 2 aliphatic heterocycles. The summed E-state index contributed by atoms with van der Waals surface area (Å²) in [5, 5.41) is 0. The Bertz CT molecular complexity index is 506. The van der Waals surface area contributed by atoms with Gasteiger partial charge in [-0.15, -0.1) is 0 Å². The minimum Gasteiger partial charge on any atom is -0.378 e. The Morgan fingerprint density at radius 3 is 2.88 bits per heavy atom. The maximum absolute atomic E-state index is 7.82. The molecule has 0 N–H and O–H groups in total. The van der Waals surface area contributed by atoms with Crippen LogP contribution >= 0.6 is 31.2 Å². The molecule has 2 heterocycles. The van der Waals surface area contributed by atoms with E-state index in [9.17, 15) is 0 Å². The lowest BCUT2D eigenvalue weighted by Gasteiger charge is -2.26. The van der Waals surface area contributed by atoms with E-state index < -0.39 is 34.0 Å². The van der Waals surface area contributed by atoms with Crippen LogP contribution in [0.1, 0.15) is 37.2 Å². The van der Waals surface area contributed by atoms with Crippen LogP contribution in [0, 0.1) is 18.4 Å². The monoisotopic (exact) mass is 490 g/mol. The van der Waals surface area contributed by atoms with Gasteiger partial charge in [0, 0.05) is 19.0 Å². The van der Waals surface area contributed by atoms with Crippen molar-refractivity contribution in [3.05, 3.63) is 11.4 Å². The van der Waals surface area contributed by atoms with Gasteiger partial charge < -0.3 is 27.9 Å². The fourth-order valence-corrected chi connectivity index (χ4v) is 4.83. The molecule has 8 heteroatoms. The second-order valence-corrected chi connectivity index (χ2v) is 8.23. The number of halogens is 1. The number of hydrogen-bond donors (Lipinski definition) is 0. The molecule has 1 unspecified atom stereocenters. The van der Waals surface area contributed by atoms with Crippen LogP contribution < -0.4 is 0 Å². The minimum absolute atomic E-state index is 0.0212. The first-order chi connectivity index (χ1) is 13.5. The molecule has 0 aromatic carbocycles. The van der Waals surface area contributed by atoms with Crippen molar-refractivity contribution in [1.82, 2.24) is 0 Å². The van der Waals surface area contributed by atoms with Gasteiger partial charge in [0.2, 0.25) is 6.54 Å². The predicted octanol–water partition coefficient (Wildman–Crippen LogP) is 4.23. The molecule has 2 fully saturated rings. The van der Waals surface area contributed by atoms with Crippen molar-refractivity contribution in [2.24, 2.45) is 11.8 Å². The van der Waals surface area contributed by atoms with Crippen LogP contribution in [-0.4, -0.2) is 55.7 Å². The van der Waals surface area contributed by atoms with E-state index in [2.05, 4.69) is 34.4 Å². The third-order valence-corrected chi connectivity index (χ3v) is 6.63. The first-order valence-electron chi connectivity index (χ1n) is 10.4. The molecule has 0 amide bonds. The van der Waals surface area contributed by atoms with Crippen LogP contribution in [0.4, 0.5) is 0 Å². The molecule has 0 aromatic rings. The summed E-state index contributed by atoms with van der Waals surface area (Å²) in [4.78, 5) is 3.28. The van der Waals surface area contributed by atoms with Gasteiger partial charge in [-0.1, -0.05) is 29.5 Å². The van der Waals surface area contributed by atoms with Crippen LogP contribution in [0.15, 0.2) is 0 Å². The molecule has 0 bridgehead atoms. The van der Waals surface area contributed by atoms with Gasteiger partial charge in [-0.3, -0.25) is 0 Å². The first kappa shape index (κ1) is 17.5. The van der Waals surface area contributed by atoms with Crippen LogP contribution in [0.3, 0.4) is 0 Å². The average molecular weight is 490 g/mol. The third kappa shape index (κ3) is 7.17. The highest BCUT2D eigenvalue weighted by atomic mass is 127. The van der Waals surface area contributed by atoms with E-state index in [-0.39, 0.29) is 26.2 Å². The normalized spacial score (nSPS) is 39.3. The van der Waals surface area contributed by atoms with Crippen molar-refractivity contribution in [2.75, 3.05) is 37.4 Å². The molecular formula is C17H29INO5P. The van der Waals surface area contributed by atoms with Gasteiger partial charge in [0.25, 0.3) is 0 Å². The molecule has 0 saturated carbocycles. The third-order valence-electron chi connectivity index (χ3n) is 4.27. The number of rotatable bonds is 11. The molecule has 6 nitrogen and oxygen atoms in total. The van der Waals surface area contributed by atoms with Gasteiger partial charge in [0.15, 0.2) is 0 Å². The fourth-order valence-electron chi connectivity index (χ4n) is 2.76. The highest BCUT2D eigenvalue weighted by molar-refractivity contribution is 14.1. The summed E-state index contributed by atoms with van der Waals surface area (Å²) in [6, 6.07) is 0. The SMILES string of the molecule is [2H]C[C@H]1O[C@H]([3H])C[C@@H]1OP(OCC[N+]#[C-])OCC[C@H](CI)[C@H]1O[C@H]([3H])C[C@@H]1C. The zero-order valence-corrected chi connectivity index (χ0v) is 17.6. The van der Waals surface area contributed by atoms with E-state index in [0.29, 0.717) is 24.9 Å². The Morgan fingerprint density at radius 1 is 1.40 bits per heavy atom. The molecule has 0 radical (unpaired) electrons. The van der Waals surface area contributed by atoms with Crippen LogP contribution in [-0.2, 0) is 23.0 Å². The van der Waals surface area contributed by atoms with Gasteiger partial charge in [-0.2, -0.15) is 0 Å². The Labute approximate surface area is 170 Å². The van der Waals surface area contributed by atoms with Crippen LogP contribution in [0.2, 0.25) is 0 Å². The standard InChI is InChI=1S/C17H29INO5P/c1-13-4-8-21-17(13)15(12-18)5-10-22-25(23-11-7-19-3)24-16-6-9-20-14(16)2/h13-17H,4-12H2,1-2H3/t13-,14+,15+,16-,17-,25?/m0/s1/i2D,8T,9T/t8-,9-,13+,14-,15-,16+,17+,25?/m1. The summed E-state index contributed by atoms with van der Waals surface area (Å²) in [7, 11) is -1.67. The zero-order valence-electron chi connectivity index (χ0n) is 17.5. The number of alkyl halides is 1. The van der Waals surface area contributed by atoms with Gasteiger partial charge in [0.05, 0.1) is 27.7 Å². The lowest BCUT2D eigenvalue weighted by Crippen LogP contribution is -2.27. The van der Waals surface area contributed by atoms with Crippen molar-refractivity contribution in [3.63, 3.8) is 0 Å². The second kappa shape index (κ2) is 12.0. The summed E-state index contributed by atoms with van der Waals surface area (Å²) < 4.78 is 52.5. The van der Waals surface area contributed by atoms with Crippen LogP contribution in [0.5, 0.6) is 0 Å². The average Bonchev–Trinajstić information content (AvgIpc) is 3.19. The summed E-state index contributed by atoms with van der Waals surface area (Å²) in [5.74, 6) is 0.650. The van der Waals surface area contributed by atoms with Crippen molar-refractivity contribution >= 4 is 31.2 Å². The molecule has 0 aromatic heterocycles. The Balaban J connectivity index is 1.84. The Hall–Kier alpha value is 0.450. The molecule has 144 valence electrons. The summed E-state index contributed by atoms with van der Waals surface area (Å²) >= 11 is 2.35. The summed E-state index contributed by atoms with van der Waals surface area (Å²) in [5.41, 5.74) is 0. The topological polar surface area (TPSA) is 50.5 Å². The maximum atomic E-state index is 7.82. The number of hydrogen-bond acceptors (Lipinski definition) is 5. The van der Waals surface area contributed by atoms with Crippen molar-refractivity contribution in [3.8, 4) is 0 Å². The van der Waals surface area contributed by atoms with Gasteiger partial charge >= 0.3 is 8.60 Å². The van der Waals surface area contributed by atoms with E-state index >= 15 is 0 Å². The second-order valence-electron chi connectivity index (χ2n) is 6.18. The molecule has 2 saturated heterocycles. The molecule has 8 atom stereocenters. The molecular weight excluding hydrogens is 456 g/mol. The number of ether oxygens (including phenoxy) is 2. The van der Waals surface area contributed by atoms with E-state index in [1.54, 1.807) is 0 Å². The molecule has 0 aliphatic carbocycles. The minimum atomic E-state index is -1.67. The first-order valence-corrected chi connectivity index (χ1v) is 11.2. The quantitative estimate of drug-likeness (QED) is 0.143. The lowest BCUT2D eigenvalue weighted by molar-refractivity contribution is 0.0360. The summed E-state index contributed by atoms with van der Waals surface area (Å²) in [6.45, 7) is 8.77. The molecule has 2 aliphatic rings. The van der Waals surface area contributed by atoms with Gasteiger partial charge in [-0.05, 0) is 38.0 Å². The smallest absolute Gasteiger partial charge is 0.333 e. The van der Waals surface area contributed by atoms with Crippen LogP contribution in [0.25, 0.3) is 4.85 Å².